The van der Waals surface area contributed by atoms with Crippen molar-refractivity contribution in [3.63, 3.8) is 0 Å². The molecule has 0 aromatic rings. The highest BCUT2D eigenvalue weighted by molar-refractivity contribution is 5.85. The topological polar surface area (TPSA) is 40.5 Å². The molecule has 0 unspecified atom stereocenters. The normalized spacial score (nSPS) is 7.46. The zero-order chi connectivity index (χ0) is 9.28. The van der Waals surface area contributed by atoms with Gasteiger partial charge in [-0.05, 0) is 19.6 Å². The van der Waals surface area contributed by atoms with Crippen molar-refractivity contribution in [1.29, 1.82) is 0 Å². The van der Waals surface area contributed by atoms with Crippen LogP contribution in [0.25, 0.3) is 0 Å². The summed E-state index contributed by atoms with van der Waals surface area (Å²) in [5.74, 6) is -0.833. The molecule has 13 heavy (non-hydrogen) atoms. The van der Waals surface area contributed by atoms with Crippen LogP contribution in [0.3, 0.4) is 0 Å². The summed E-state index contributed by atoms with van der Waals surface area (Å²) >= 11 is 0. The van der Waals surface area contributed by atoms with E-state index in [0.29, 0.717) is 0 Å². The van der Waals surface area contributed by atoms with Gasteiger partial charge in [0.25, 0.3) is 5.97 Å². The summed E-state index contributed by atoms with van der Waals surface area (Å²) in [6.07, 6.45) is 0. The molecule has 1 N–H and O–H groups in total. The second kappa shape index (κ2) is 17.9. The van der Waals surface area contributed by atoms with Crippen LogP contribution in [0.2, 0.25) is 0 Å². The molecule has 0 saturated heterocycles. The lowest BCUT2D eigenvalue weighted by atomic mass is 10.5. The summed E-state index contributed by atoms with van der Waals surface area (Å²) in [5.41, 5.74) is 0. The van der Waals surface area contributed by atoms with Crippen LogP contribution in [0, 0.1) is 0 Å². The molecule has 0 rings (SSSR count). The first-order chi connectivity index (χ1) is 5.08. The fraction of sp³-hybridized carbons (Fsp3) is 0.875. The number of carboxylic acids is 1. The first-order valence-electron chi connectivity index (χ1n) is 4.00. The van der Waals surface area contributed by atoms with Gasteiger partial charge in [-0.3, -0.25) is 4.79 Å². The first kappa shape index (κ1) is 23.1. The highest BCUT2D eigenvalue weighted by Gasteiger charge is 1.89. The smallest absolute Gasteiger partial charge is 0.300 e. The number of rotatable bonds is 3. The molecule has 0 amide bonds. The number of carbonyl (C=O) groups is 1. The summed E-state index contributed by atoms with van der Waals surface area (Å²) in [5, 5.41) is 7.42. The molecule has 0 aromatic carbocycles. The predicted octanol–water partition coefficient (Wildman–Crippen LogP) is 2.28. The van der Waals surface area contributed by atoms with Crippen LogP contribution in [-0.4, -0.2) is 35.6 Å². The Labute approximate surface area is 93.3 Å². The van der Waals surface area contributed by atoms with Crippen LogP contribution >= 0.6 is 24.8 Å². The summed E-state index contributed by atoms with van der Waals surface area (Å²) < 4.78 is 0. The maximum atomic E-state index is 9.00. The molecule has 0 spiro atoms. The van der Waals surface area contributed by atoms with Crippen LogP contribution in [0.4, 0.5) is 0 Å². The fourth-order valence-corrected chi connectivity index (χ4v) is 0.671. The predicted molar refractivity (Wildman–Crippen MR) is 61.3 cm³/mol. The van der Waals surface area contributed by atoms with E-state index in [2.05, 4.69) is 25.7 Å². The van der Waals surface area contributed by atoms with Crippen molar-refractivity contribution in [2.24, 2.45) is 0 Å². The number of aliphatic carboxylic acids is 1. The standard InChI is InChI=1S/C6H15N.C2H4O2.2ClH/c1-4-7(5-2)6-3;1-2(3)4;;/h4-6H2,1-3H3;1H3,(H,3,4);2*1H. The van der Waals surface area contributed by atoms with Gasteiger partial charge in [-0.25, -0.2) is 0 Å². The molecule has 5 heteroatoms. The molecule has 0 bridgehead atoms. The Balaban J connectivity index is -0.0000000600. The molecule has 0 saturated carbocycles. The van der Waals surface area contributed by atoms with Gasteiger partial charge in [-0.15, -0.1) is 24.8 Å². The van der Waals surface area contributed by atoms with Gasteiger partial charge < -0.3 is 10.0 Å². The lowest BCUT2D eigenvalue weighted by Crippen LogP contribution is -2.21. The van der Waals surface area contributed by atoms with Gasteiger partial charge in [0.15, 0.2) is 0 Å². The maximum absolute atomic E-state index is 9.00. The molecule has 0 fully saturated rings. The van der Waals surface area contributed by atoms with Crippen LogP contribution in [-0.2, 0) is 4.79 Å². The van der Waals surface area contributed by atoms with Crippen LogP contribution in [0.1, 0.15) is 27.7 Å². The van der Waals surface area contributed by atoms with Crippen molar-refractivity contribution in [3.8, 4) is 0 Å². The molecular weight excluding hydrogens is 213 g/mol. The number of hydrogen-bond acceptors (Lipinski definition) is 2. The van der Waals surface area contributed by atoms with E-state index >= 15 is 0 Å². The van der Waals surface area contributed by atoms with Crippen molar-refractivity contribution in [2.45, 2.75) is 27.7 Å². The third-order valence-electron chi connectivity index (χ3n) is 1.34. The third kappa shape index (κ3) is 33.3. The third-order valence-corrected chi connectivity index (χ3v) is 1.34. The molecule has 0 heterocycles. The second-order valence-electron chi connectivity index (χ2n) is 2.14. The number of halogens is 2. The lowest BCUT2D eigenvalue weighted by molar-refractivity contribution is -0.134. The number of carboxylic acid groups (broad SMARTS) is 1. The van der Waals surface area contributed by atoms with Gasteiger partial charge >= 0.3 is 0 Å². The van der Waals surface area contributed by atoms with Crippen LogP contribution in [0.15, 0.2) is 0 Å². The van der Waals surface area contributed by atoms with Gasteiger partial charge in [0.05, 0.1) is 0 Å². The average molecular weight is 234 g/mol. The minimum Gasteiger partial charge on any atom is -0.481 e. The summed E-state index contributed by atoms with van der Waals surface area (Å²) in [6, 6.07) is 0. The van der Waals surface area contributed by atoms with Gasteiger partial charge in [0.2, 0.25) is 0 Å². The Morgan fingerprint density at radius 3 is 1.23 bits per heavy atom. The Morgan fingerprint density at radius 2 is 1.23 bits per heavy atom. The SMILES string of the molecule is CC(=O)O.CCN(CC)CC.Cl.Cl. The molecule has 0 radical (unpaired) electrons. The van der Waals surface area contributed by atoms with Gasteiger partial charge in [0, 0.05) is 6.92 Å². The van der Waals surface area contributed by atoms with E-state index in [0.717, 1.165) is 6.92 Å². The Bertz CT molecular complexity index is 88.6. The summed E-state index contributed by atoms with van der Waals surface area (Å²) in [7, 11) is 0. The maximum Gasteiger partial charge on any atom is 0.300 e. The van der Waals surface area contributed by atoms with E-state index in [-0.39, 0.29) is 24.8 Å². The van der Waals surface area contributed by atoms with Gasteiger partial charge in [0.1, 0.15) is 0 Å². The number of nitrogens with zero attached hydrogens (tertiary/aromatic N) is 1. The molecule has 3 nitrogen and oxygen atoms in total. The second-order valence-corrected chi connectivity index (χ2v) is 2.14. The van der Waals surface area contributed by atoms with Crippen LogP contribution < -0.4 is 0 Å². The Hall–Kier alpha value is 0.01000. The van der Waals surface area contributed by atoms with Gasteiger partial charge in [-0.1, -0.05) is 20.8 Å². The highest BCUT2D eigenvalue weighted by atomic mass is 35.5. The minimum absolute atomic E-state index is 0. The molecule has 0 aliphatic rings. The lowest BCUT2D eigenvalue weighted by Gasteiger charge is -2.13. The zero-order valence-electron chi connectivity index (χ0n) is 8.74. The zero-order valence-corrected chi connectivity index (χ0v) is 10.4. The molecular formula is C8H21Cl2NO2. The number of hydrogen-bond donors (Lipinski definition) is 1. The molecule has 0 atom stereocenters. The highest BCUT2D eigenvalue weighted by Crippen LogP contribution is 1.81. The molecule has 0 aliphatic carbocycles. The largest absolute Gasteiger partial charge is 0.481 e. The molecule has 84 valence electrons. The van der Waals surface area contributed by atoms with Gasteiger partial charge in [-0.2, -0.15) is 0 Å². The van der Waals surface area contributed by atoms with Crippen molar-refractivity contribution in [2.75, 3.05) is 19.6 Å². The van der Waals surface area contributed by atoms with E-state index in [4.69, 9.17) is 9.90 Å². The molecule has 0 aromatic heterocycles. The van der Waals surface area contributed by atoms with Crippen molar-refractivity contribution in [1.82, 2.24) is 4.90 Å². The van der Waals surface area contributed by atoms with Crippen molar-refractivity contribution in [3.05, 3.63) is 0 Å². The van der Waals surface area contributed by atoms with E-state index in [9.17, 15) is 0 Å². The van der Waals surface area contributed by atoms with E-state index in [1.807, 2.05) is 0 Å². The van der Waals surface area contributed by atoms with E-state index < -0.39 is 5.97 Å². The fourth-order valence-electron chi connectivity index (χ4n) is 0.671. The van der Waals surface area contributed by atoms with E-state index in [1.54, 1.807) is 0 Å². The first-order valence-corrected chi connectivity index (χ1v) is 4.00. The van der Waals surface area contributed by atoms with Crippen molar-refractivity contribution >= 4 is 30.8 Å². The van der Waals surface area contributed by atoms with E-state index in [1.165, 1.54) is 19.6 Å². The van der Waals surface area contributed by atoms with Crippen LogP contribution in [0.5, 0.6) is 0 Å². The monoisotopic (exact) mass is 233 g/mol. The average Bonchev–Trinajstić information content (AvgIpc) is 1.90. The van der Waals surface area contributed by atoms with Crippen molar-refractivity contribution < 1.29 is 9.90 Å². The quantitative estimate of drug-likeness (QED) is 0.814. The summed E-state index contributed by atoms with van der Waals surface area (Å²) in [6.45, 7) is 11.2. The minimum atomic E-state index is -0.833. The summed E-state index contributed by atoms with van der Waals surface area (Å²) in [4.78, 5) is 11.4. The molecule has 0 aliphatic heterocycles. The Morgan fingerprint density at radius 1 is 1.08 bits per heavy atom. The Kier molecular flexibility index (Phi) is 31.9.